The molecule has 0 unspecified atom stereocenters. The average Bonchev–Trinajstić information content (AvgIpc) is 3.09. The van der Waals surface area contributed by atoms with Crippen LogP contribution in [0.15, 0.2) is 29.2 Å². The van der Waals surface area contributed by atoms with Crippen molar-refractivity contribution in [3.8, 4) is 0 Å². The quantitative estimate of drug-likeness (QED) is 0.782. The van der Waals surface area contributed by atoms with E-state index in [1.165, 1.54) is 23.4 Å². The SMILES string of the molecule is CC(=O)c1cccc(S(=O)(=O)N2CCCC[C@H]2C2OCCO2)c1. The van der Waals surface area contributed by atoms with Crippen LogP contribution < -0.4 is 0 Å². The Kier molecular flexibility index (Phi) is 4.82. The van der Waals surface area contributed by atoms with Crippen LogP contribution in [-0.4, -0.2) is 50.6 Å². The van der Waals surface area contributed by atoms with Gasteiger partial charge in [0.25, 0.3) is 0 Å². The highest BCUT2D eigenvalue weighted by atomic mass is 32.2. The highest BCUT2D eigenvalue weighted by molar-refractivity contribution is 7.89. The molecule has 23 heavy (non-hydrogen) atoms. The molecule has 2 fully saturated rings. The van der Waals surface area contributed by atoms with E-state index in [1.807, 2.05) is 0 Å². The summed E-state index contributed by atoms with van der Waals surface area (Å²) in [7, 11) is -3.68. The summed E-state index contributed by atoms with van der Waals surface area (Å²) in [5.74, 6) is -0.153. The number of Topliss-reactive ketones (excluding diaryl/α,β-unsaturated/α-hetero) is 1. The van der Waals surface area contributed by atoms with Crippen LogP contribution in [0.3, 0.4) is 0 Å². The number of nitrogens with zero attached hydrogens (tertiary/aromatic N) is 1. The first-order chi connectivity index (χ1) is 11.0. The number of hydrogen-bond acceptors (Lipinski definition) is 5. The lowest BCUT2D eigenvalue weighted by Crippen LogP contribution is -2.50. The van der Waals surface area contributed by atoms with Gasteiger partial charge in [-0.05, 0) is 31.9 Å². The zero-order valence-electron chi connectivity index (χ0n) is 13.1. The Bertz CT molecular complexity index is 681. The van der Waals surface area contributed by atoms with Gasteiger partial charge in [0.05, 0.1) is 24.2 Å². The van der Waals surface area contributed by atoms with E-state index in [4.69, 9.17) is 9.47 Å². The van der Waals surface area contributed by atoms with Gasteiger partial charge in [0, 0.05) is 12.1 Å². The molecule has 2 aliphatic heterocycles. The smallest absolute Gasteiger partial charge is 0.243 e. The van der Waals surface area contributed by atoms with Crippen molar-refractivity contribution < 1.29 is 22.7 Å². The second-order valence-electron chi connectivity index (χ2n) is 5.87. The van der Waals surface area contributed by atoms with Crippen molar-refractivity contribution >= 4 is 15.8 Å². The van der Waals surface area contributed by atoms with E-state index in [2.05, 4.69) is 0 Å². The molecule has 0 spiro atoms. The van der Waals surface area contributed by atoms with E-state index >= 15 is 0 Å². The topological polar surface area (TPSA) is 72.9 Å². The number of carbonyl (C=O) groups is 1. The fourth-order valence-electron chi connectivity index (χ4n) is 3.11. The first-order valence-corrected chi connectivity index (χ1v) is 9.30. The Morgan fingerprint density at radius 2 is 1.96 bits per heavy atom. The van der Waals surface area contributed by atoms with Crippen molar-refractivity contribution in [1.29, 1.82) is 0 Å². The molecule has 126 valence electrons. The third-order valence-electron chi connectivity index (χ3n) is 4.31. The van der Waals surface area contributed by atoms with Crippen LogP contribution in [0, 0.1) is 0 Å². The Hall–Kier alpha value is -1.28. The Morgan fingerprint density at radius 1 is 1.22 bits per heavy atom. The highest BCUT2D eigenvalue weighted by Crippen LogP contribution is 2.30. The van der Waals surface area contributed by atoms with E-state index in [0.29, 0.717) is 25.3 Å². The summed E-state index contributed by atoms with van der Waals surface area (Å²) >= 11 is 0. The van der Waals surface area contributed by atoms with Crippen LogP contribution in [0.4, 0.5) is 0 Å². The zero-order valence-corrected chi connectivity index (χ0v) is 13.9. The molecular weight excluding hydrogens is 318 g/mol. The first kappa shape index (κ1) is 16.6. The van der Waals surface area contributed by atoms with Gasteiger partial charge < -0.3 is 9.47 Å². The molecule has 0 N–H and O–H groups in total. The van der Waals surface area contributed by atoms with Crippen LogP contribution in [-0.2, 0) is 19.5 Å². The number of ketones is 1. The Labute approximate surface area is 136 Å². The fourth-order valence-corrected chi connectivity index (χ4v) is 4.84. The molecular formula is C16H21NO5S. The van der Waals surface area contributed by atoms with Crippen molar-refractivity contribution in [2.75, 3.05) is 19.8 Å². The summed E-state index contributed by atoms with van der Waals surface area (Å²) < 4.78 is 38.6. The first-order valence-electron chi connectivity index (χ1n) is 7.86. The molecule has 2 aliphatic rings. The van der Waals surface area contributed by atoms with Crippen molar-refractivity contribution in [1.82, 2.24) is 4.31 Å². The molecule has 2 heterocycles. The molecule has 6 nitrogen and oxygen atoms in total. The van der Waals surface area contributed by atoms with Gasteiger partial charge >= 0.3 is 0 Å². The summed E-state index contributed by atoms with van der Waals surface area (Å²) in [6, 6.07) is 5.89. The van der Waals surface area contributed by atoms with E-state index in [0.717, 1.165) is 19.3 Å². The normalized spacial score (nSPS) is 24.0. The van der Waals surface area contributed by atoms with E-state index in [-0.39, 0.29) is 16.7 Å². The minimum Gasteiger partial charge on any atom is -0.349 e. The molecule has 0 aromatic heterocycles. The molecule has 1 aromatic rings. The summed E-state index contributed by atoms with van der Waals surface area (Å²) in [6.07, 6.45) is 1.99. The largest absolute Gasteiger partial charge is 0.349 e. The lowest BCUT2D eigenvalue weighted by molar-refractivity contribution is -0.0913. The molecule has 1 aromatic carbocycles. The van der Waals surface area contributed by atoms with E-state index < -0.39 is 16.3 Å². The summed E-state index contributed by atoms with van der Waals surface area (Å²) in [4.78, 5) is 11.7. The van der Waals surface area contributed by atoms with Gasteiger partial charge in [-0.3, -0.25) is 4.79 Å². The minimum absolute atomic E-state index is 0.148. The number of carbonyl (C=O) groups excluding carboxylic acids is 1. The third-order valence-corrected chi connectivity index (χ3v) is 6.23. The standard InChI is InChI=1S/C16H21NO5S/c1-12(18)13-5-4-6-14(11-13)23(19,20)17-8-3-2-7-15(17)16-21-9-10-22-16/h4-6,11,15-16H,2-3,7-10H2,1H3/t15-/m0/s1. The van der Waals surface area contributed by atoms with Gasteiger partial charge in [-0.15, -0.1) is 0 Å². The van der Waals surface area contributed by atoms with Gasteiger partial charge in [0.2, 0.25) is 10.0 Å². The molecule has 1 atom stereocenters. The van der Waals surface area contributed by atoms with Gasteiger partial charge in [0.1, 0.15) is 0 Å². The van der Waals surface area contributed by atoms with Crippen molar-refractivity contribution in [2.45, 2.75) is 43.4 Å². The lowest BCUT2D eigenvalue weighted by atomic mass is 10.0. The number of benzene rings is 1. The fraction of sp³-hybridized carbons (Fsp3) is 0.562. The van der Waals surface area contributed by atoms with E-state index in [1.54, 1.807) is 12.1 Å². The molecule has 0 saturated carbocycles. The van der Waals surface area contributed by atoms with Crippen LogP contribution in [0.5, 0.6) is 0 Å². The predicted octanol–water partition coefficient (Wildman–Crippen LogP) is 1.81. The molecule has 0 aliphatic carbocycles. The molecule has 0 radical (unpaired) electrons. The summed E-state index contributed by atoms with van der Waals surface area (Å²) in [5.41, 5.74) is 0.396. The molecule has 0 bridgehead atoms. The maximum absolute atomic E-state index is 13.0. The second kappa shape index (κ2) is 6.68. The molecule has 7 heteroatoms. The highest BCUT2D eigenvalue weighted by Gasteiger charge is 2.40. The van der Waals surface area contributed by atoms with Crippen molar-refractivity contribution in [2.24, 2.45) is 0 Å². The molecule has 3 rings (SSSR count). The Morgan fingerprint density at radius 3 is 2.65 bits per heavy atom. The minimum atomic E-state index is -3.68. The average molecular weight is 339 g/mol. The molecule has 2 saturated heterocycles. The monoisotopic (exact) mass is 339 g/mol. The number of rotatable bonds is 4. The van der Waals surface area contributed by atoms with Gasteiger partial charge in [0.15, 0.2) is 12.1 Å². The number of hydrogen-bond donors (Lipinski definition) is 0. The van der Waals surface area contributed by atoms with Crippen molar-refractivity contribution in [3.05, 3.63) is 29.8 Å². The van der Waals surface area contributed by atoms with Crippen LogP contribution in [0.1, 0.15) is 36.5 Å². The number of sulfonamides is 1. The van der Waals surface area contributed by atoms with Crippen LogP contribution >= 0.6 is 0 Å². The Balaban J connectivity index is 1.93. The van der Waals surface area contributed by atoms with Crippen LogP contribution in [0.2, 0.25) is 0 Å². The van der Waals surface area contributed by atoms with Crippen LogP contribution in [0.25, 0.3) is 0 Å². The third kappa shape index (κ3) is 3.33. The van der Waals surface area contributed by atoms with Crippen molar-refractivity contribution in [3.63, 3.8) is 0 Å². The molecule has 0 amide bonds. The van der Waals surface area contributed by atoms with Gasteiger partial charge in [-0.1, -0.05) is 18.6 Å². The second-order valence-corrected chi connectivity index (χ2v) is 7.76. The summed E-state index contributed by atoms with van der Waals surface area (Å²) in [5, 5.41) is 0. The predicted molar refractivity (Wildman–Crippen MR) is 83.7 cm³/mol. The number of ether oxygens (including phenoxy) is 2. The summed E-state index contributed by atoms with van der Waals surface area (Å²) in [6.45, 7) is 2.86. The maximum atomic E-state index is 13.0. The van der Waals surface area contributed by atoms with Gasteiger partial charge in [-0.2, -0.15) is 4.31 Å². The zero-order chi connectivity index (χ0) is 16.4. The number of piperidine rings is 1. The maximum Gasteiger partial charge on any atom is 0.243 e. The van der Waals surface area contributed by atoms with E-state index in [9.17, 15) is 13.2 Å². The van der Waals surface area contributed by atoms with Gasteiger partial charge in [-0.25, -0.2) is 8.42 Å². The lowest BCUT2D eigenvalue weighted by Gasteiger charge is -2.36.